The molecule has 2 fully saturated rings. The van der Waals surface area contributed by atoms with Gasteiger partial charge in [-0.3, -0.25) is 14.6 Å². The quantitative estimate of drug-likeness (QED) is 0.225. The molecule has 3 heterocycles. The largest absolute Gasteiger partial charge is 0.496 e. The predicted octanol–water partition coefficient (Wildman–Crippen LogP) is 5.63. The maximum atomic E-state index is 11.7. The Morgan fingerprint density at radius 1 is 1.07 bits per heavy atom. The molecule has 1 unspecified atom stereocenters. The van der Waals surface area contributed by atoms with Gasteiger partial charge in [-0.05, 0) is 73.7 Å². The number of rotatable bonds is 11. The minimum absolute atomic E-state index is 0.474. The fourth-order valence-electron chi connectivity index (χ4n) is 6.18. The SMILES string of the molecule is COc1cc2oc(-c3cccc(-c4cccc(OCCCN5CCOCC5)c4)c3C)nc2cc1CN1CCCC1C(=O)O. The molecule has 0 radical (unpaired) electrons. The summed E-state index contributed by atoms with van der Waals surface area (Å²) < 4.78 is 23.5. The van der Waals surface area contributed by atoms with E-state index < -0.39 is 12.0 Å². The number of nitrogens with zero attached hydrogens (tertiary/aromatic N) is 3. The average Bonchev–Trinajstić information content (AvgIpc) is 3.66. The highest BCUT2D eigenvalue weighted by Gasteiger charge is 2.31. The minimum atomic E-state index is -0.780. The summed E-state index contributed by atoms with van der Waals surface area (Å²) in [7, 11) is 1.62. The van der Waals surface area contributed by atoms with Crippen LogP contribution in [0.1, 0.15) is 30.4 Å². The van der Waals surface area contributed by atoms with Crippen molar-refractivity contribution in [3.05, 3.63) is 65.7 Å². The smallest absolute Gasteiger partial charge is 0.320 e. The number of carboxylic acid groups (broad SMARTS) is 1. The lowest BCUT2D eigenvalue weighted by Gasteiger charge is -2.26. The number of hydrogen-bond acceptors (Lipinski definition) is 8. The van der Waals surface area contributed by atoms with Crippen LogP contribution in [0.2, 0.25) is 0 Å². The lowest BCUT2D eigenvalue weighted by molar-refractivity contribution is -0.142. The van der Waals surface area contributed by atoms with Gasteiger partial charge in [0.1, 0.15) is 23.1 Å². The number of aliphatic carboxylic acids is 1. The molecule has 0 bridgehead atoms. The Morgan fingerprint density at radius 2 is 1.88 bits per heavy atom. The van der Waals surface area contributed by atoms with Gasteiger partial charge >= 0.3 is 5.97 Å². The molecule has 9 heteroatoms. The maximum Gasteiger partial charge on any atom is 0.320 e. The van der Waals surface area contributed by atoms with Crippen LogP contribution in [0.4, 0.5) is 0 Å². The van der Waals surface area contributed by atoms with Gasteiger partial charge in [-0.2, -0.15) is 0 Å². The van der Waals surface area contributed by atoms with Crippen molar-refractivity contribution >= 4 is 17.1 Å². The van der Waals surface area contributed by atoms with E-state index in [1.54, 1.807) is 7.11 Å². The Hall–Kier alpha value is -3.92. The van der Waals surface area contributed by atoms with E-state index in [0.29, 0.717) is 42.3 Å². The van der Waals surface area contributed by atoms with E-state index in [2.05, 4.69) is 30.0 Å². The molecule has 0 spiro atoms. The summed E-state index contributed by atoms with van der Waals surface area (Å²) in [5.74, 6) is 1.28. The molecule has 43 heavy (non-hydrogen) atoms. The molecule has 4 aromatic rings. The van der Waals surface area contributed by atoms with Gasteiger partial charge in [0.25, 0.3) is 0 Å². The molecule has 9 nitrogen and oxygen atoms in total. The number of carbonyl (C=O) groups is 1. The van der Waals surface area contributed by atoms with Crippen molar-refractivity contribution in [2.45, 2.75) is 38.8 Å². The highest BCUT2D eigenvalue weighted by atomic mass is 16.5. The van der Waals surface area contributed by atoms with Crippen molar-refractivity contribution in [2.75, 3.05) is 53.1 Å². The van der Waals surface area contributed by atoms with Crippen molar-refractivity contribution < 1.29 is 28.5 Å². The number of hydrogen-bond donors (Lipinski definition) is 1. The number of likely N-dealkylation sites (tertiary alicyclic amines) is 1. The van der Waals surface area contributed by atoms with E-state index in [4.69, 9.17) is 23.6 Å². The van der Waals surface area contributed by atoms with Crippen LogP contribution in [0.15, 0.2) is 59.0 Å². The number of ether oxygens (including phenoxy) is 3. The third kappa shape index (κ3) is 6.54. The van der Waals surface area contributed by atoms with Gasteiger partial charge in [0, 0.05) is 43.4 Å². The van der Waals surface area contributed by atoms with E-state index in [1.165, 1.54) is 0 Å². The maximum absolute atomic E-state index is 11.7. The van der Waals surface area contributed by atoms with Gasteiger partial charge in [-0.15, -0.1) is 0 Å². The fourth-order valence-corrected chi connectivity index (χ4v) is 6.18. The van der Waals surface area contributed by atoms with E-state index >= 15 is 0 Å². The van der Waals surface area contributed by atoms with Gasteiger partial charge in [-0.1, -0.05) is 24.3 Å². The molecule has 2 aliphatic heterocycles. The molecule has 1 aromatic heterocycles. The first-order chi connectivity index (χ1) is 21.0. The first-order valence-corrected chi connectivity index (χ1v) is 15.1. The molecular formula is C34H39N3O6. The molecule has 0 aliphatic carbocycles. The molecule has 226 valence electrons. The van der Waals surface area contributed by atoms with E-state index in [1.807, 2.05) is 41.3 Å². The van der Waals surface area contributed by atoms with Crippen molar-refractivity contribution in [3.8, 4) is 34.1 Å². The average molecular weight is 586 g/mol. The number of morpholine rings is 1. The van der Waals surface area contributed by atoms with Gasteiger partial charge in [-0.25, -0.2) is 4.98 Å². The number of oxazole rings is 1. The van der Waals surface area contributed by atoms with Crippen LogP contribution in [0, 0.1) is 6.92 Å². The predicted molar refractivity (Wildman–Crippen MR) is 165 cm³/mol. The third-order valence-electron chi connectivity index (χ3n) is 8.51. The molecule has 0 saturated carbocycles. The number of methoxy groups -OCH3 is 1. The number of aromatic nitrogens is 1. The summed E-state index contributed by atoms with van der Waals surface area (Å²) in [6.07, 6.45) is 2.50. The summed E-state index contributed by atoms with van der Waals surface area (Å²) in [4.78, 5) is 21.0. The first kappa shape index (κ1) is 29.2. The normalized spacial score (nSPS) is 17.9. The molecular weight excluding hydrogens is 546 g/mol. The lowest BCUT2D eigenvalue weighted by atomic mass is 9.96. The van der Waals surface area contributed by atoms with E-state index in [-0.39, 0.29) is 0 Å². The summed E-state index contributed by atoms with van der Waals surface area (Å²) in [5, 5.41) is 9.62. The number of fused-ring (bicyclic) bond motifs is 1. The first-order valence-electron chi connectivity index (χ1n) is 15.1. The van der Waals surface area contributed by atoms with Crippen molar-refractivity contribution in [1.29, 1.82) is 0 Å². The second-order valence-electron chi connectivity index (χ2n) is 11.3. The van der Waals surface area contributed by atoms with Crippen LogP contribution in [0.3, 0.4) is 0 Å². The number of benzene rings is 3. The fraction of sp³-hybridized carbons (Fsp3) is 0.412. The molecule has 1 N–H and O–H groups in total. The van der Waals surface area contributed by atoms with Gasteiger partial charge < -0.3 is 23.7 Å². The van der Waals surface area contributed by atoms with Gasteiger partial charge in [0.2, 0.25) is 5.89 Å². The monoisotopic (exact) mass is 585 g/mol. The Labute approximate surface area is 252 Å². The molecule has 3 aromatic carbocycles. The Bertz CT molecular complexity index is 1580. The van der Waals surface area contributed by atoms with Crippen LogP contribution in [0.25, 0.3) is 33.7 Å². The second kappa shape index (κ2) is 13.2. The highest BCUT2D eigenvalue weighted by Crippen LogP contribution is 2.36. The van der Waals surface area contributed by atoms with Gasteiger partial charge in [0.05, 0.1) is 26.9 Å². The Kier molecular flexibility index (Phi) is 8.92. The van der Waals surface area contributed by atoms with Crippen molar-refractivity contribution in [2.24, 2.45) is 0 Å². The van der Waals surface area contributed by atoms with Crippen molar-refractivity contribution in [1.82, 2.24) is 14.8 Å². The number of carboxylic acids is 1. The molecule has 2 saturated heterocycles. The Balaban J connectivity index is 1.20. The topological polar surface area (TPSA) is 97.5 Å². The molecule has 6 rings (SSSR count). The lowest BCUT2D eigenvalue weighted by Crippen LogP contribution is -2.37. The standard InChI is InChI=1S/C34H39N3O6/c1-23-27(24-7-3-8-26(19-24)42-16-6-12-36-14-17-41-18-15-36)9-4-10-28(23)33-35-29-20-25(31(40-2)21-32(29)43-33)22-37-13-5-11-30(37)34(38)39/h3-4,7-10,19-21,30H,5-6,11-18,22H2,1-2H3,(H,38,39). The highest BCUT2D eigenvalue weighted by molar-refractivity contribution is 5.82. The van der Waals surface area contributed by atoms with E-state index in [0.717, 1.165) is 85.8 Å². The zero-order valence-electron chi connectivity index (χ0n) is 24.9. The summed E-state index contributed by atoms with van der Waals surface area (Å²) in [5.41, 5.74) is 6.38. The summed E-state index contributed by atoms with van der Waals surface area (Å²) in [6, 6.07) is 17.7. The van der Waals surface area contributed by atoms with Crippen molar-refractivity contribution in [3.63, 3.8) is 0 Å². The van der Waals surface area contributed by atoms with E-state index in [9.17, 15) is 9.90 Å². The zero-order chi connectivity index (χ0) is 29.8. The van der Waals surface area contributed by atoms with Gasteiger partial charge in [0.15, 0.2) is 5.58 Å². The van der Waals surface area contributed by atoms with Crippen LogP contribution < -0.4 is 9.47 Å². The Morgan fingerprint density at radius 3 is 2.70 bits per heavy atom. The second-order valence-corrected chi connectivity index (χ2v) is 11.3. The van der Waals surface area contributed by atoms with Crippen LogP contribution in [-0.2, 0) is 16.1 Å². The molecule has 2 aliphatic rings. The van der Waals surface area contributed by atoms with Crippen LogP contribution in [0.5, 0.6) is 11.5 Å². The van der Waals surface area contributed by atoms with Crippen LogP contribution >= 0.6 is 0 Å². The van der Waals surface area contributed by atoms with Crippen LogP contribution in [-0.4, -0.2) is 85.0 Å². The molecule has 1 atom stereocenters. The minimum Gasteiger partial charge on any atom is -0.496 e. The summed E-state index contributed by atoms with van der Waals surface area (Å²) in [6.45, 7) is 8.61. The zero-order valence-corrected chi connectivity index (χ0v) is 24.9. The molecule has 0 amide bonds. The third-order valence-corrected chi connectivity index (χ3v) is 8.51. The summed E-state index contributed by atoms with van der Waals surface area (Å²) >= 11 is 0.